The first kappa shape index (κ1) is 10.5. The Morgan fingerprint density at radius 2 is 1.83 bits per heavy atom. The lowest BCUT2D eigenvalue weighted by Crippen LogP contribution is -2.33. The van der Waals surface area contributed by atoms with E-state index in [1.54, 1.807) is 0 Å². The van der Waals surface area contributed by atoms with Gasteiger partial charge in [-0.2, -0.15) is 0 Å². The summed E-state index contributed by atoms with van der Waals surface area (Å²) in [5, 5.41) is 0. The molecule has 0 N–H and O–H groups in total. The first-order chi connectivity index (χ1) is 5.63. The summed E-state index contributed by atoms with van der Waals surface area (Å²) >= 11 is 3.74. The lowest BCUT2D eigenvalue weighted by Gasteiger charge is -2.34. The second-order valence-electron chi connectivity index (χ2n) is 3.91. The highest BCUT2D eigenvalue weighted by atomic mass is 79.9. The van der Waals surface area contributed by atoms with Gasteiger partial charge in [0.25, 0.3) is 0 Å². The van der Waals surface area contributed by atoms with Crippen molar-refractivity contribution in [1.29, 1.82) is 0 Å². The second kappa shape index (κ2) is 4.61. The van der Waals surface area contributed by atoms with Gasteiger partial charge in [-0.15, -0.1) is 0 Å². The van der Waals surface area contributed by atoms with Crippen molar-refractivity contribution in [2.75, 3.05) is 0 Å². The fraction of sp³-hybridized carbons (Fsp3) is 1.00. The smallest absolute Gasteiger partial charge is 0.0553 e. The lowest BCUT2D eigenvalue weighted by molar-refractivity contribution is -0.0519. The Kier molecular flexibility index (Phi) is 4.04. The van der Waals surface area contributed by atoms with Crippen LogP contribution in [0.25, 0.3) is 0 Å². The summed E-state index contributed by atoms with van der Waals surface area (Å²) in [4.78, 5) is 0.686. The molecule has 12 heavy (non-hydrogen) atoms. The molecule has 1 rings (SSSR count). The SMILES string of the molecule is CCC(Br)C1CC(C)OC(C)C1. The lowest BCUT2D eigenvalue weighted by atomic mass is 9.89. The molecule has 2 heteroatoms. The van der Waals surface area contributed by atoms with E-state index in [0.29, 0.717) is 17.0 Å². The van der Waals surface area contributed by atoms with Gasteiger partial charge >= 0.3 is 0 Å². The number of hydrogen-bond acceptors (Lipinski definition) is 1. The topological polar surface area (TPSA) is 9.23 Å². The Balaban J connectivity index is 2.43. The van der Waals surface area contributed by atoms with Gasteiger partial charge in [0.1, 0.15) is 0 Å². The average Bonchev–Trinajstić information content (AvgIpc) is 2.01. The number of rotatable bonds is 2. The van der Waals surface area contributed by atoms with Gasteiger partial charge in [0.15, 0.2) is 0 Å². The molecule has 1 fully saturated rings. The van der Waals surface area contributed by atoms with Crippen molar-refractivity contribution in [3.63, 3.8) is 0 Å². The van der Waals surface area contributed by atoms with E-state index in [4.69, 9.17) is 4.74 Å². The Morgan fingerprint density at radius 1 is 1.33 bits per heavy atom. The highest BCUT2D eigenvalue weighted by Crippen LogP contribution is 2.31. The highest BCUT2D eigenvalue weighted by Gasteiger charge is 2.28. The van der Waals surface area contributed by atoms with Crippen molar-refractivity contribution in [3.05, 3.63) is 0 Å². The first-order valence-electron chi connectivity index (χ1n) is 4.93. The van der Waals surface area contributed by atoms with Gasteiger partial charge in [0.2, 0.25) is 0 Å². The molecule has 0 aliphatic carbocycles. The molecule has 0 amide bonds. The molecular weight excluding hydrogens is 216 g/mol. The van der Waals surface area contributed by atoms with Crippen molar-refractivity contribution in [2.45, 2.75) is 57.1 Å². The molecule has 0 aromatic rings. The van der Waals surface area contributed by atoms with E-state index >= 15 is 0 Å². The van der Waals surface area contributed by atoms with Crippen LogP contribution in [0.5, 0.6) is 0 Å². The molecule has 1 aliphatic rings. The van der Waals surface area contributed by atoms with Gasteiger partial charge in [0, 0.05) is 4.83 Å². The fourth-order valence-corrected chi connectivity index (χ4v) is 2.52. The standard InChI is InChI=1S/C10H19BrO/c1-4-10(11)9-5-7(2)12-8(3)6-9/h7-10H,4-6H2,1-3H3. The summed E-state index contributed by atoms with van der Waals surface area (Å²) in [6.07, 6.45) is 4.56. The summed E-state index contributed by atoms with van der Waals surface area (Å²) in [7, 11) is 0. The van der Waals surface area contributed by atoms with Crippen LogP contribution in [0.2, 0.25) is 0 Å². The van der Waals surface area contributed by atoms with Crippen molar-refractivity contribution in [3.8, 4) is 0 Å². The third-order valence-corrected chi connectivity index (χ3v) is 4.03. The van der Waals surface area contributed by atoms with E-state index < -0.39 is 0 Å². The monoisotopic (exact) mass is 234 g/mol. The van der Waals surface area contributed by atoms with E-state index in [1.807, 2.05) is 0 Å². The molecule has 1 saturated heterocycles. The van der Waals surface area contributed by atoms with E-state index in [9.17, 15) is 0 Å². The maximum Gasteiger partial charge on any atom is 0.0553 e. The Bertz CT molecular complexity index is 128. The maximum absolute atomic E-state index is 5.69. The Labute approximate surface area is 84.0 Å². The molecule has 1 nitrogen and oxygen atoms in total. The van der Waals surface area contributed by atoms with Crippen LogP contribution in [-0.4, -0.2) is 17.0 Å². The molecule has 1 aliphatic heterocycles. The van der Waals surface area contributed by atoms with E-state index in [1.165, 1.54) is 19.3 Å². The molecule has 0 bridgehead atoms. The second-order valence-corrected chi connectivity index (χ2v) is 5.09. The zero-order chi connectivity index (χ0) is 9.14. The van der Waals surface area contributed by atoms with Crippen molar-refractivity contribution in [2.24, 2.45) is 5.92 Å². The first-order valence-corrected chi connectivity index (χ1v) is 5.84. The Hall–Kier alpha value is 0.440. The van der Waals surface area contributed by atoms with Gasteiger partial charge < -0.3 is 4.74 Å². The summed E-state index contributed by atoms with van der Waals surface area (Å²) < 4.78 is 5.69. The summed E-state index contributed by atoms with van der Waals surface area (Å²) in [6, 6.07) is 0. The molecule has 0 aromatic carbocycles. The number of alkyl halides is 1. The van der Waals surface area contributed by atoms with Gasteiger partial charge in [-0.05, 0) is 39.0 Å². The molecule has 1 heterocycles. The molecule has 0 radical (unpaired) electrons. The molecule has 0 saturated carbocycles. The van der Waals surface area contributed by atoms with Crippen molar-refractivity contribution < 1.29 is 4.74 Å². The minimum absolute atomic E-state index is 0.449. The van der Waals surface area contributed by atoms with Crippen LogP contribution in [0, 0.1) is 5.92 Å². The van der Waals surface area contributed by atoms with Gasteiger partial charge in [-0.25, -0.2) is 0 Å². The third kappa shape index (κ3) is 2.74. The van der Waals surface area contributed by atoms with Crippen LogP contribution in [0.4, 0.5) is 0 Å². The van der Waals surface area contributed by atoms with E-state index in [0.717, 1.165) is 5.92 Å². The molecule has 0 aromatic heterocycles. The van der Waals surface area contributed by atoms with Crippen molar-refractivity contribution >= 4 is 15.9 Å². The van der Waals surface area contributed by atoms with E-state index in [-0.39, 0.29) is 0 Å². The van der Waals surface area contributed by atoms with Gasteiger partial charge in [-0.3, -0.25) is 0 Å². The molecule has 72 valence electrons. The number of halogens is 1. The largest absolute Gasteiger partial charge is 0.376 e. The van der Waals surface area contributed by atoms with Crippen LogP contribution in [0.1, 0.15) is 40.0 Å². The summed E-state index contributed by atoms with van der Waals surface area (Å²) in [5.74, 6) is 0.814. The number of hydrogen-bond donors (Lipinski definition) is 0. The normalized spacial score (nSPS) is 39.5. The van der Waals surface area contributed by atoms with Crippen LogP contribution in [0.15, 0.2) is 0 Å². The fourth-order valence-electron chi connectivity index (χ4n) is 2.09. The van der Waals surface area contributed by atoms with Crippen LogP contribution in [0.3, 0.4) is 0 Å². The van der Waals surface area contributed by atoms with Crippen LogP contribution < -0.4 is 0 Å². The zero-order valence-electron chi connectivity index (χ0n) is 8.22. The number of ether oxygens (including phenoxy) is 1. The van der Waals surface area contributed by atoms with Gasteiger partial charge in [-0.1, -0.05) is 22.9 Å². The van der Waals surface area contributed by atoms with Crippen LogP contribution in [-0.2, 0) is 4.74 Å². The minimum Gasteiger partial charge on any atom is -0.376 e. The third-order valence-electron chi connectivity index (χ3n) is 2.64. The summed E-state index contributed by atoms with van der Waals surface area (Å²) in [6.45, 7) is 6.60. The molecule has 3 unspecified atom stereocenters. The minimum atomic E-state index is 0.449. The molecule has 3 atom stereocenters. The van der Waals surface area contributed by atoms with Gasteiger partial charge in [0.05, 0.1) is 12.2 Å². The molecule has 0 spiro atoms. The summed E-state index contributed by atoms with van der Waals surface area (Å²) in [5.41, 5.74) is 0. The predicted octanol–water partition coefficient (Wildman–Crippen LogP) is 3.36. The van der Waals surface area contributed by atoms with E-state index in [2.05, 4.69) is 36.7 Å². The predicted molar refractivity (Wildman–Crippen MR) is 55.7 cm³/mol. The van der Waals surface area contributed by atoms with Crippen molar-refractivity contribution in [1.82, 2.24) is 0 Å². The molecular formula is C10H19BrO. The highest BCUT2D eigenvalue weighted by molar-refractivity contribution is 9.09. The average molecular weight is 235 g/mol. The zero-order valence-corrected chi connectivity index (χ0v) is 9.80. The van der Waals surface area contributed by atoms with Crippen LogP contribution >= 0.6 is 15.9 Å². The maximum atomic E-state index is 5.69. The quantitative estimate of drug-likeness (QED) is 0.667. The Morgan fingerprint density at radius 3 is 2.25 bits per heavy atom.